The van der Waals surface area contributed by atoms with E-state index in [1.54, 1.807) is 0 Å². The molecule has 16 heavy (non-hydrogen) atoms. The molecule has 1 heterocycles. The monoisotopic (exact) mass is 215 g/mol. The number of hydrogen-bond acceptors (Lipinski definition) is 3. The second kappa shape index (κ2) is 3.46. The van der Waals surface area contributed by atoms with Crippen LogP contribution < -0.4 is 0 Å². The van der Waals surface area contributed by atoms with Crippen LogP contribution in [0.5, 0.6) is 0 Å². The van der Waals surface area contributed by atoms with Crippen LogP contribution in [-0.2, 0) is 12.0 Å². The van der Waals surface area contributed by atoms with E-state index in [-0.39, 0.29) is 12.0 Å². The average molecular weight is 215 g/mol. The van der Waals surface area contributed by atoms with Gasteiger partial charge in [-0.15, -0.1) is 0 Å². The molecule has 0 aliphatic heterocycles. The highest BCUT2D eigenvalue weighted by molar-refractivity contribution is 5.42. The second-order valence-electron chi connectivity index (χ2n) is 4.23. The fourth-order valence-electron chi connectivity index (χ4n) is 2.30. The minimum atomic E-state index is -0.0551. The largest absolute Gasteiger partial charge is 0.447 e. The van der Waals surface area contributed by atoms with Gasteiger partial charge < -0.3 is 9.52 Å². The fraction of sp³-hybridized carbons (Fsp3) is 0.308. The predicted molar refractivity (Wildman–Crippen MR) is 58.9 cm³/mol. The number of oxazole rings is 1. The molecule has 0 spiro atoms. The number of rotatable bonds is 3. The molecule has 2 aromatic rings. The van der Waals surface area contributed by atoms with Crippen molar-refractivity contribution in [2.45, 2.75) is 24.9 Å². The van der Waals surface area contributed by atoms with E-state index in [1.165, 1.54) is 12.0 Å². The number of nitrogens with zero attached hydrogens (tertiary/aromatic N) is 1. The molecule has 3 heteroatoms. The van der Waals surface area contributed by atoms with Crippen LogP contribution >= 0.6 is 0 Å². The van der Waals surface area contributed by atoms with Crippen molar-refractivity contribution in [3.63, 3.8) is 0 Å². The molecular weight excluding hydrogens is 202 g/mol. The van der Waals surface area contributed by atoms with Crippen molar-refractivity contribution in [3.05, 3.63) is 53.7 Å². The normalized spacial score (nSPS) is 17.3. The summed E-state index contributed by atoms with van der Waals surface area (Å²) in [7, 11) is 0. The van der Waals surface area contributed by atoms with E-state index < -0.39 is 0 Å². The Bertz CT molecular complexity index is 486. The van der Waals surface area contributed by atoms with Gasteiger partial charge in [-0.25, -0.2) is 4.98 Å². The van der Waals surface area contributed by atoms with Gasteiger partial charge in [0.05, 0.1) is 12.0 Å². The van der Waals surface area contributed by atoms with Crippen LogP contribution in [0, 0.1) is 0 Å². The molecule has 1 aliphatic rings. The van der Waals surface area contributed by atoms with Crippen LogP contribution in [0.25, 0.3) is 0 Å². The summed E-state index contributed by atoms with van der Waals surface area (Å²) in [5.74, 6) is 0.834. The van der Waals surface area contributed by atoms with Gasteiger partial charge in [-0.3, -0.25) is 0 Å². The number of aromatic nitrogens is 1. The summed E-state index contributed by atoms with van der Waals surface area (Å²) in [6.45, 7) is -0.0551. The lowest BCUT2D eigenvalue weighted by Gasteiger charge is -2.13. The fourth-order valence-corrected chi connectivity index (χ4v) is 2.30. The highest BCUT2D eigenvalue weighted by Gasteiger charge is 2.50. The zero-order chi connectivity index (χ0) is 11.0. The van der Waals surface area contributed by atoms with Gasteiger partial charge in [0, 0.05) is 0 Å². The first-order chi connectivity index (χ1) is 7.87. The zero-order valence-corrected chi connectivity index (χ0v) is 8.89. The lowest BCUT2D eigenvalue weighted by molar-refractivity contribution is 0.273. The molecule has 1 aliphatic carbocycles. The summed E-state index contributed by atoms with van der Waals surface area (Å²) in [5, 5.41) is 9.22. The number of aliphatic hydroxyl groups excluding tert-OH is 1. The van der Waals surface area contributed by atoms with E-state index in [2.05, 4.69) is 17.1 Å². The van der Waals surface area contributed by atoms with Crippen LogP contribution in [-0.4, -0.2) is 10.1 Å². The molecule has 0 amide bonds. The Morgan fingerprint density at radius 3 is 2.62 bits per heavy atom. The van der Waals surface area contributed by atoms with Gasteiger partial charge in [0.25, 0.3) is 0 Å². The predicted octanol–water partition coefficient (Wildman–Crippen LogP) is 2.25. The van der Waals surface area contributed by atoms with Crippen LogP contribution in [0.15, 0.2) is 41.1 Å². The molecule has 1 N–H and O–H groups in total. The summed E-state index contributed by atoms with van der Waals surface area (Å²) in [6.07, 6.45) is 3.56. The van der Waals surface area contributed by atoms with Crippen molar-refractivity contribution in [3.8, 4) is 0 Å². The summed E-state index contributed by atoms with van der Waals surface area (Å²) >= 11 is 0. The summed E-state index contributed by atoms with van der Waals surface area (Å²) in [6, 6.07) is 10.3. The maximum absolute atomic E-state index is 9.22. The Labute approximate surface area is 93.8 Å². The first-order valence-corrected chi connectivity index (χ1v) is 5.46. The third-order valence-corrected chi connectivity index (χ3v) is 3.30. The van der Waals surface area contributed by atoms with Gasteiger partial charge in [0.1, 0.15) is 11.5 Å². The Kier molecular flexibility index (Phi) is 2.07. The van der Waals surface area contributed by atoms with Crippen LogP contribution in [0.2, 0.25) is 0 Å². The van der Waals surface area contributed by atoms with Crippen molar-refractivity contribution >= 4 is 0 Å². The van der Waals surface area contributed by atoms with E-state index in [0.717, 1.165) is 18.6 Å². The minimum absolute atomic E-state index is 0.0319. The first-order valence-electron chi connectivity index (χ1n) is 5.46. The molecule has 82 valence electrons. The zero-order valence-electron chi connectivity index (χ0n) is 8.89. The maximum Gasteiger partial charge on any atom is 0.181 e. The van der Waals surface area contributed by atoms with Gasteiger partial charge in [0.2, 0.25) is 0 Å². The Balaban J connectivity index is 2.07. The van der Waals surface area contributed by atoms with Crippen LogP contribution in [0.4, 0.5) is 0 Å². The number of aliphatic hydroxyl groups is 1. The van der Waals surface area contributed by atoms with Crippen LogP contribution in [0.1, 0.15) is 29.9 Å². The minimum Gasteiger partial charge on any atom is -0.447 e. The van der Waals surface area contributed by atoms with Gasteiger partial charge in [0.15, 0.2) is 6.39 Å². The first kappa shape index (κ1) is 9.60. The van der Waals surface area contributed by atoms with Crippen molar-refractivity contribution < 1.29 is 9.52 Å². The SMILES string of the molecule is OCc1ncoc1C1(c2ccccc2)CC1. The number of hydrogen-bond donors (Lipinski definition) is 1. The van der Waals surface area contributed by atoms with E-state index >= 15 is 0 Å². The summed E-state index contributed by atoms with van der Waals surface area (Å²) in [4.78, 5) is 4.05. The lowest BCUT2D eigenvalue weighted by atomic mass is 9.92. The molecule has 0 atom stereocenters. The molecule has 1 aromatic carbocycles. The van der Waals surface area contributed by atoms with Crippen LogP contribution in [0.3, 0.4) is 0 Å². The Morgan fingerprint density at radius 2 is 2.00 bits per heavy atom. The quantitative estimate of drug-likeness (QED) is 0.854. The average Bonchev–Trinajstić information content (AvgIpc) is 3.02. The topological polar surface area (TPSA) is 46.3 Å². The number of benzene rings is 1. The molecule has 0 bridgehead atoms. The molecule has 0 radical (unpaired) electrons. The summed E-state index contributed by atoms with van der Waals surface area (Å²) < 4.78 is 5.47. The molecule has 3 nitrogen and oxygen atoms in total. The van der Waals surface area contributed by atoms with Crippen molar-refractivity contribution in [1.82, 2.24) is 4.98 Å². The van der Waals surface area contributed by atoms with E-state index in [0.29, 0.717) is 5.69 Å². The molecule has 0 unspecified atom stereocenters. The maximum atomic E-state index is 9.22. The highest BCUT2D eigenvalue weighted by atomic mass is 16.3. The van der Waals surface area contributed by atoms with E-state index in [4.69, 9.17) is 4.42 Å². The van der Waals surface area contributed by atoms with Gasteiger partial charge in [-0.1, -0.05) is 30.3 Å². The highest BCUT2D eigenvalue weighted by Crippen LogP contribution is 2.54. The molecule has 3 rings (SSSR count). The molecule has 1 fully saturated rings. The van der Waals surface area contributed by atoms with Gasteiger partial charge in [-0.05, 0) is 18.4 Å². The van der Waals surface area contributed by atoms with E-state index in [1.807, 2.05) is 18.2 Å². The molecule has 1 saturated carbocycles. The molecular formula is C13H13NO2. The second-order valence-corrected chi connectivity index (χ2v) is 4.23. The Hall–Kier alpha value is -1.61. The lowest BCUT2D eigenvalue weighted by Crippen LogP contribution is -2.10. The van der Waals surface area contributed by atoms with Gasteiger partial charge in [-0.2, -0.15) is 0 Å². The Morgan fingerprint density at radius 1 is 1.25 bits per heavy atom. The van der Waals surface area contributed by atoms with Gasteiger partial charge >= 0.3 is 0 Å². The standard InChI is InChI=1S/C13H13NO2/c15-8-11-12(16-9-14-11)13(6-7-13)10-4-2-1-3-5-10/h1-5,9,15H,6-8H2. The van der Waals surface area contributed by atoms with Crippen molar-refractivity contribution in [1.29, 1.82) is 0 Å². The molecule has 1 aromatic heterocycles. The smallest absolute Gasteiger partial charge is 0.181 e. The third-order valence-electron chi connectivity index (χ3n) is 3.30. The van der Waals surface area contributed by atoms with Crippen molar-refractivity contribution in [2.75, 3.05) is 0 Å². The summed E-state index contributed by atoms with van der Waals surface area (Å²) in [5.41, 5.74) is 1.89. The molecule has 0 saturated heterocycles. The van der Waals surface area contributed by atoms with Crippen molar-refractivity contribution in [2.24, 2.45) is 0 Å². The third kappa shape index (κ3) is 1.28. The van der Waals surface area contributed by atoms with E-state index in [9.17, 15) is 5.11 Å².